The molecule has 0 amide bonds. The quantitative estimate of drug-likeness (QED) is 0.666. The van der Waals surface area contributed by atoms with Crippen molar-refractivity contribution in [1.82, 2.24) is 0 Å². The van der Waals surface area contributed by atoms with E-state index >= 15 is 0 Å². The van der Waals surface area contributed by atoms with E-state index in [1.54, 1.807) is 0 Å². The highest BCUT2D eigenvalue weighted by Crippen LogP contribution is 1.97. The van der Waals surface area contributed by atoms with Crippen LogP contribution in [0.2, 0.25) is 0 Å². The molecule has 74 valence electrons. The van der Waals surface area contributed by atoms with E-state index in [1.165, 1.54) is 16.4 Å². The molecule has 1 aromatic carbocycles. The minimum Gasteiger partial charge on any atom is -0.0912 e. The molecule has 1 rings (SSSR count). The summed E-state index contributed by atoms with van der Waals surface area (Å²) in [5.41, 5.74) is 2.68. The number of aryl methyl sites for hydroxylation is 1. The number of hydrogen-bond acceptors (Lipinski definition) is 0. The summed E-state index contributed by atoms with van der Waals surface area (Å²) in [6.07, 6.45) is 5.42. The van der Waals surface area contributed by atoms with Crippen molar-refractivity contribution >= 4 is 12.7 Å². The van der Waals surface area contributed by atoms with Crippen LogP contribution in [0.15, 0.2) is 29.8 Å². The Kier molecular flexibility index (Phi) is 3.70. The van der Waals surface area contributed by atoms with E-state index in [2.05, 4.69) is 57.7 Å². The first kappa shape index (κ1) is 10.8. The van der Waals surface area contributed by atoms with Crippen molar-refractivity contribution in [2.75, 3.05) is 0 Å². The summed E-state index contributed by atoms with van der Waals surface area (Å²) < 4.78 is 0. The van der Waals surface area contributed by atoms with E-state index in [1.807, 2.05) is 0 Å². The third-order valence-corrected chi connectivity index (χ3v) is 2.41. The van der Waals surface area contributed by atoms with Gasteiger partial charge in [0.2, 0.25) is 0 Å². The van der Waals surface area contributed by atoms with Gasteiger partial charge in [0, 0.05) is 0 Å². The smallest absolute Gasteiger partial charge is 0.0187 e. The molecule has 14 heavy (non-hydrogen) atoms. The Morgan fingerprint density at radius 2 is 2.14 bits per heavy atom. The first-order chi connectivity index (χ1) is 6.63. The second-order valence-electron chi connectivity index (χ2n) is 3.74. The van der Waals surface area contributed by atoms with Crippen molar-refractivity contribution in [2.24, 2.45) is 0 Å². The van der Waals surface area contributed by atoms with Gasteiger partial charge in [-0.15, -0.1) is 0 Å². The lowest BCUT2D eigenvalue weighted by Gasteiger charge is -1.93. The zero-order chi connectivity index (χ0) is 10.6. The number of allylic oxidation sites excluding steroid dienone is 2. The summed E-state index contributed by atoms with van der Waals surface area (Å²) in [5.74, 6) is 0. The summed E-state index contributed by atoms with van der Waals surface area (Å²) in [7, 11) is 0. The summed E-state index contributed by atoms with van der Waals surface area (Å²) >= 11 is 0. The van der Waals surface area contributed by atoms with E-state index in [-0.39, 0.29) is 0 Å². The maximum absolute atomic E-state index is 4.00. The van der Waals surface area contributed by atoms with Crippen LogP contribution in [0.3, 0.4) is 0 Å². The van der Waals surface area contributed by atoms with Gasteiger partial charge in [0.15, 0.2) is 0 Å². The van der Waals surface area contributed by atoms with Gasteiger partial charge in [-0.05, 0) is 30.7 Å². The maximum Gasteiger partial charge on any atom is -0.0187 e. The van der Waals surface area contributed by atoms with Crippen LogP contribution in [0.5, 0.6) is 0 Å². The fraction of sp³-hybridized carbons (Fsp3) is 0.286. The largest absolute Gasteiger partial charge is 0.0912 e. The molecule has 0 spiro atoms. The molecule has 0 fully saturated rings. The van der Waals surface area contributed by atoms with Gasteiger partial charge in [-0.1, -0.05) is 55.0 Å². The monoisotopic (exact) mass is 186 g/mol. The van der Waals surface area contributed by atoms with Crippen LogP contribution in [0.4, 0.5) is 0 Å². The van der Waals surface area contributed by atoms with Crippen molar-refractivity contribution < 1.29 is 0 Å². The van der Waals surface area contributed by atoms with Gasteiger partial charge in [-0.25, -0.2) is 0 Å². The van der Waals surface area contributed by atoms with Crippen LogP contribution < -0.4 is 10.4 Å². The molecule has 0 nitrogen and oxygen atoms in total. The fourth-order valence-corrected chi connectivity index (χ4v) is 1.22. The van der Waals surface area contributed by atoms with Gasteiger partial charge in [0.25, 0.3) is 0 Å². The Morgan fingerprint density at radius 1 is 1.43 bits per heavy atom. The van der Waals surface area contributed by atoms with Gasteiger partial charge in [-0.2, -0.15) is 0 Å². The van der Waals surface area contributed by atoms with Crippen molar-refractivity contribution in [3.05, 3.63) is 45.8 Å². The molecule has 0 heteroatoms. The van der Waals surface area contributed by atoms with E-state index in [0.29, 0.717) is 0 Å². The van der Waals surface area contributed by atoms with Gasteiger partial charge >= 0.3 is 0 Å². The van der Waals surface area contributed by atoms with E-state index < -0.39 is 0 Å². The molecule has 0 bridgehead atoms. The van der Waals surface area contributed by atoms with Crippen LogP contribution in [-0.4, -0.2) is 0 Å². The summed E-state index contributed by atoms with van der Waals surface area (Å²) in [5, 5.41) is 2.31. The second-order valence-corrected chi connectivity index (χ2v) is 3.74. The normalized spacial score (nSPS) is 13.4. The molecule has 0 saturated carbocycles. The van der Waals surface area contributed by atoms with Crippen LogP contribution in [-0.2, 0) is 0 Å². The average molecular weight is 186 g/mol. The molecule has 0 N–H and O–H groups in total. The topological polar surface area (TPSA) is 0 Å². The lowest BCUT2D eigenvalue weighted by atomic mass is 10.1. The Balaban J connectivity index is 3.19. The molecule has 0 aromatic heterocycles. The third kappa shape index (κ3) is 2.88. The molecule has 0 aliphatic carbocycles. The molecule has 0 aliphatic rings. The van der Waals surface area contributed by atoms with Crippen LogP contribution in [0.25, 0.3) is 12.7 Å². The highest BCUT2D eigenvalue weighted by atomic mass is 13.9. The summed E-state index contributed by atoms with van der Waals surface area (Å²) in [4.78, 5) is 0. The standard InChI is InChI=1S/C14H18/c1-5-11(2)7-9-14-10-12(3)6-8-13(14)4/h6-10H,4-5H2,1-3H3/b11-7+,14-9-. The molecular formula is C14H18. The number of rotatable bonds is 2. The van der Waals surface area contributed by atoms with Gasteiger partial charge < -0.3 is 0 Å². The Hall–Kier alpha value is -1.30. The van der Waals surface area contributed by atoms with Gasteiger partial charge in [0.1, 0.15) is 0 Å². The molecule has 0 heterocycles. The zero-order valence-corrected chi connectivity index (χ0v) is 9.30. The minimum absolute atomic E-state index is 1.09. The lowest BCUT2D eigenvalue weighted by molar-refractivity contribution is 1.10. The first-order valence-corrected chi connectivity index (χ1v) is 5.06. The first-order valence-electron chi connectivity index (χ1n) is 5.06. The Bertz CT molecular complexity index is 436. The van der Waals surface area contributed by atoms with E-state index in [9.17, 15) is 0 Å². The average Bonchev–Trinajstić information content (AvgIpc) is 2.19. The van der Waals surface area contributed by atoms with Crippen LogP contribution in [0, 0.1) is 6.92 Å². The summed E-state index contributed by atoms with van der Waals surface area (Å²) in [6, 6.07) is 6.33. The number of hydrogen-bond donors (Lipinski definition) is 0. The molecule has 0 saturated heterocycles. The van der Waals surface area contributed by atoms with Crippen molar-refractivity contribution in [2.45, 2.75) is 27.2 Å². The molecule has 0 radical (unpaired) electrons. The molecule has 1 aromatic rings. The second kappa shape index (κ2) is 4.80. The van der Waals surface area contributed by atoms with Crippen molar-refractivity contribution in [3.63, 3.8) is 0 Å². The minimum atomic E-state index is 1.09. The van der Waals surface area contributed by atoms with E-state index in [0.717, 1.165) is 11.6 Å². The molecular weight excluding hydrogens is 168 g/mol. The highest BCUT2D eigenvalue weighted by molar-refractivity contribution is 5.40. The molecule has 0 atom stereocenters. The lowest BCUT2D eigenvalue weighted by Crippen LogP contribution is -2.22. The van der Waals surface area contributed by atoms with Gasteiger partial charge in [-0.3, -0.25) is 0 Å². The summed E-state index contributed by atoms with van der Waals surface area (Å²) in [6.45, 7) is 10.4. The fourth-order valence-electron chi connectivity index (χ4n) is 1.22. The number of benzene rings is 1. The predicted molar refractivity (Wildman–Crippen MR) is 64.5 cm³/mol. The SMILES string of the molecule is C=c1ccc(C)c/c1=C/C=C(\C)CC. The highest BCUT2D eigenvalue weighted by Gasteiger charge is 1.85. The van der Waals surface area contributed by atoms with E-state index in [4.69, 9.17) is 0 Å². The molecule has 0 unspecified atom stereocenters. The van der Waals surface area contributed by atoms with Gasteiger partial charge in [0.05, 0.1) is 0 Å². The zero-order valence-electron chi connectivity index (χ0n) is 9.30. The third-order valence-electron chi connectivity index (χ3n) is 2.41. The van der Waals surface area contributed by atoms with Crippen LogP contribution >= 0.6 is 0 Å². The Morgan fingerprint density at radius 3 is 2.79 bits per heavy atom. The Labute approximate surface area is 86.3 Å². The van der Waals surface area contributed by atoms with Crippen molar-refractivity contribution in [1.29, 1.82) is 0 Å². The predicted octanol–water partition coefficient (Wildman–Crippen LogP) is 2.54. The maximum atomic E-state index is 4.00. The van der Waals surface area contributed by atoms with Crippen molar-refractivity contribution in [3.8, 4) is 0 Å². The van der Waals surface area contributed by atoms with Crippen LogP contribution in [0.1, 0.15) is 25.8 Å². The molecule has 0 aliphatic heterocycles.